The first kappa shape index (κ1) is 19.4. The van der Waals surface area contributed by atoms with Crippen LogP contribution in [0.25, 0.3) is 0 Å². The molecule has 0 saturated carbocycles. The van der Waals surface area contributed by atoms with Crippen LogP contribution in [0.15, 0.2) is 78.9 Å². The standard InChI is InChI=1S/C24H20N2O4/c27-22(14-7-15-26-23(28)20-12-4-5-13-21(20)24(26)29)25-17-8-6-11-19(16-17)30-18-9-2-1-3-10-18/h1-6,8-13,16H,7,14-15H2,(H,25,27). The number of para-hydroxylation sites is 1. The summed E-state index contributed by atoms with van der Waals surface area (Å²) in [5.74, 6) is 0.527. The predicted molar refractivity (Wildman–Crippen MR) is 113 cm³/mol. The molecule has 0 spiro atoms. The molecule has 0 aliphatic carbocycles. The van der Waals surface area contributed by atoms with Crippen molar-refractivity contribution in [3.63, 3.8) is 0 Å². The van der Waals surface area contributed by atoms with E-state index >= 15 is 0 Å². The number of nitrogens with zero attached hydrogens (tertiary/aromatic N) is 1. The molecule has 0 saturated heterocycles. The number of fused-ring (bicyclic) bond motifs is 1. The van der Waals surface area contributed by atoms with Crippen LogP contribution in [0.4, 0.5) is 5.69 Å². The number of amides is 3. The molecule has 150 valence electrons. The van der Waals surface area contributed by atoms with Crippen LogP contribution >= 0.6 is 0 Å². The third-order valence-corrected chi connectivity index (χ3v) is 4.76. The summed E-state index contributed by atoms with van der Waals surface area (Å²) >= 11 is 0. The van der Waals surface area contributed by atoms with Crippen molar-refractivity contribution >= 4 is 23.4 Å². The summed E-state index contributed by atoms with van der Waals surface area (Å²) in [6.45, 7) is 0.205. The Bertz CT molecular complexity index is 1060. The molecule has 0 atom stereocenters. The number of ether oxygens (including phenoxy) is 1. The molecule has 0 aromatic heterocycles. The monoisotopic (exact) mass is 400 g/mol. The van der Waals surface area contributed by atoms with Crippen LogP contribution < -0.4 is 10.1 Å². The predicted octanol–water partition coefficient (Wildman–Crippen LogP) is 4.49. The molecule has 0 bridgehead atoms. The summed E-state index contributed by atoms with van der Waals surface area (Å²) in [6.07, 6.45) is 0.578. The van der Waals surface area contributed by atoms with Crippen molar-refractivity contribution in [2.24, 2.45) is 0 Å². The van der Waals surface area contributed by atoms with E-state index in [0.29, 0.717) is 34.7 Å². The zero-order valence-electron chi connectivity index (χ0n) is 16.2. The fourth-order valence-corrected chi connectivity index (χ4v) is 3.33. The lowest BCUT2D eigenvalue weighted by atomic mass is 10.1. The molecule has 4 rings (SSSR count). The fraction of sp³-hybridized carbons (Fsp3) is 0.125. The number of hydrogen-bond donors (Lipinski definition) is 1. The second-order valence-corrected chi connectivity index (χ2v) is 6.90. The number of carbonyl (C=O) groups is 3. The quantitative estimate of drug-likeness (QED) is 0.593. The van der Waals surface area contributed by atoms with Gasteiger partial charge < -0.3 is 10.1 Å². The largest absolute Gasteiger partial charge is 0.457 e. The van der Waals surface area contributed by atoms with Crippen molar-refractivity contribution in [1.82, 2.24) is 4.90 Å². The number of nitrogens with one attached hydrogen (secondary N) is 1. The van der Waals surface area contributed by atoms with Gasteiger partial charge in [-0.25, -0.2) is 0 Å². The summed E-state index contributed by atoms with van der Waals surface area (Å²) < 4.78 is 5.77. The molecule has 0 fully saturated rings. The van der Waals surface area contributed by atoms with Gasteiger partial charge in [-0.1, -0.05) is 36.4 Å². The Labute approximate surface area is 174 Å². The summed E-state index contributed by atoms with van der Waals surface area (Å²) in [7, 11) is 0. The second kappa shape index (κ2) is 8.61. The number of benzene rings is 3. The summed E-state index contributed by atoms with van der Waals surface area (Å²) in [6, 6.07) is 23.3. The molecular weight excluding hydrogens is 380 g/mol. The van der Waals surface area contributed by atoms with Gasteiger partial charge in [-0.2, -0.15) is 0 Å². The molecule has 1 N–H and O–H groups in total. The highest BCUT2D eigenvalue weighted by Gasteiger charge is 2.34. The Balaban J connectivity index is 1.29. The minimum absolute atomic E-state index is 0.191. The smallest absolute Gasteiger partial charge is 0.261 e. The van der Waals surface area contributed by atoms with Gasteiger partial charge in [-0.15, -0.1) is 0 Å². The van der Waals surface area contributed by atoms with Gasteiger partial charge in [0.2, 0.25) is 5.91 Å². The molecule has 1 heterocycles. The van der Waals surface area contributed by atoms with Crippen molar-refractivity contribution in [2.75, 3.05) is 11.9 Å². The van der Waals surface area contributed by atoms with E-state index in [0.717, 1.165) is 0 Å². The maximum absolute atomic E-state index is 12.4. The summed E-state index contributed by atoms with van der Waals surface area (Å²) in [5, 5.41) is 2.83. The minimum Gasteiger partial charge on any atom is -0.457 e. The Hall–Kier alpha value is -3.93. The SMILES string of the molecule is O=C(CCCN1C(=O)c2ccccc2C1=O)Nc1cccc(Oc2ccccc2)c1. The van der Waals surface area contributed by atoms with Crippen molar-refractivity contribution in [2.45, 2.75) is 12.8 Å². The molecular formula is C24H20N2O4. The maximum Gasteiger partial charge on any atom is 0.261 e. The van der Waals surface area contributed by atoms with E-state index in [2.05, 4.69) is 5.32 Å². The number of rotatable bonds is 7. The van der Waals surface area contributed by atoms with E-state index in [4.69, 9.17) is 4.74 Å². The van der Waals surface area contributed by atoms with Crippen LogP contribution in [0.1, 0.15) is 33.6 Å². The van der Waals surface area contributed by atoms with Gasteiger partial charge in [0.05, 0.1) is 11.1 Å². The van der Waals surface area contributed by atoms with Gasteiger partial charge in [0, 0.05) is 24.7 Å². The molecule has 3 aromatic carbocycles. The van der Waals surface area contributed by atoms with Crippen molar-refractivity contribution in [3.8, 4) is 11.5 Å². The normalized spacial score (nSPS) is 12.6. The number of anilines is 1. The highest BCUT2D eigenvalue weighted by molar-refractivity contribution is 6.21. The number of hydrogen-bond acceptors (Lipinski definition) is 4. The third-order valence-electron chi connectivity index (χ3n) is 4.76. The van der Waals surface area contributed by atoms with Gasteiger partial charge >= 0.3 is 0 Å². The summed E-state index contributed by atoms with van der Waals surface area (Å²) in [5.41, 5.74) is 1.46. The average Bonchev–Trinajstić information content (AvgIpc) is 3.00. The highest BCUT2D eigenvalue weighted by Crippen LogP contribution is 2.25. The van der Waals surface area contributed by atoms with E-state index in [9.17, 15) is 14.4 Å². The Morgan fingerprint density at radius 2 is 1.43 bits per heavy atom. The van der Waals surface area contributed by atoms with Crippen LogP contribution in [0.2, 0.25) is 0 Å². The van der Waals surface area contributed by atoms with Gasteiger partial charge in [0.1, 0.15) is 11.5 Å². The first-order valence-corrected chi connectivity index (χ1v) is 9.70. The Morgan fingerprint density at radius 1 is 0.800 bits per heavy atom. The first-order chi connectivity index (χ1) is 14.6. The van der Waals surface area contributed by atoms with E-state index in [1.165, 1.54) is 4.90 Å². The molecule has 3 amide bonds. The van der Waals surface area contributed by atoms with Crippen LogP contribution in [-0.2, 0) is 4.79 Å². The van der Waals surface area contributed by atoms with Gasteiger partial charge in [0.25, 0.3) is 11.8 Å². The van der Waals surface area contributed by atoms with Crippen LogP contribution in [0.3, 0.4) is 0 Å². The lowest BCUT2D eigenvalue weighted by Gasteiger charge is -2.13. The molecule has 30 heavy (non-hydrogen) atoms. The molecule has 0 radical (unpaired) electrons. The highest BCUT2D eigenvalue weighted by atomic mass is 16.5. The van der Waals surface area contributed by atoms with Crippen molar-refractivity contribution in [1.29, 1.82) is 0 Å². The summed E-state index contributed by atoms with van der Waals surface area (Å²) in [4.78, 5) is 38.2. The molecule has 1 aliphatic rings. The Kier molecular flexibility index (Phi) is 5.57. The van der Waals surface area contributed by atoms with Crippen LogP contribution in [0, 0.1) is 0 Å². The van der Waals surface area contributed by atoms with Gasteiger partial charge in [0.15, 0.2) is 0 Å². The maximum atomic E-state index is 12.4. The molecule has 3 aromatic rings. The van der Waals surface area contributed by atoms with Crippen LogP contribution in [-0.4, -0.2) is 29.2 Å². The number of carbonyl (C=O) groups excluding carboxylic acids is 3. The lowest BCUT2D eigenvalue weighted by molar-refractivity contribution is -0.116. The average molecular weight is 400 g/mol. The second-order valence-electron chi connectivity index (χ2n) is 6.90. The van der Waals surface area contributed by atoms with Gasteiger partial charge in [-0.3, -0.25) is 19.3 Å². The fourth-order valence-electron chi connectivity index (χ4n) is 3.33. The van der Waals surface area contributed by atoms with E-state index < -0.39 is 0 Å². The van der Waals surface area contributed by atoms with Crippen molar-refractivity contribution in [3.05, 3.63) is 90.0 Å². The zero-order chi connectivity index (χ0) is 20.9. The first-order valence-electron chi connectivity index (χ1n) is 9.70. The molecule has 6 nitrogen and oxygen atoms in total. The van der Waals surface area contributed by atoms with E-state index in [-0.39, 0.29) is 30.7 Å². The molecule has 0 unspecified atom stereocenters. The van der Waals surface area contributed by atoms with Crippen molar-refractivity contribution < 1.29 is 19.1 Å². The zero-order valence-corrected chi connectivity index (χ0v) is 16.2. The third kappa shape index (κ3) is 4.22. The molecule has 6 heteroatoms. The van der Waals surface area contributed by atoms with Gasteiger partial charge in [-0.05, 0) is 42.8 Å². The molecule has 1 aliphatic heterocycles. The van der Waals surface area contributed by atoms with E-state index in [1.54, 1.807) is 42.5 Å². The van der Waals surface area contributed by atoms with Crippen LogP contribution in [0.5, 0.6) is 11.5 Å². The number of imide groups is 1. The lowest BCUT2D eigenvalue weighted by Crippen LogP contribution is -2.31. The van der Waals surface area contributed by atoms with E-state index in [1.807, 2.05) is 36.4 Å². The topological polar surface area (TPSA) is 75.7 Å². The Morgan fingerprint density at radius 3 is 2.13 bits per heavy atom. The minimum atomic E-state index is -0.304.